The summed E-state index contributed by atoms with van der Waals surface area (Å²) in [5.41, 5.74) is 7.77. The van der Waals surface area contributed by atoms with Gasteiger partial charge in [-0.3, -0.25) is 14.4 Å². The van der Waals surface area contributed by atoms with E-state index < -0.39 is 26.7 Å². The van der Waals surface area contributed by atoms with Crippen LogP contribution in [0.3, 0.4) is 0 Å². The summed E-state index contributed by atoms with van der Waals surface area (Å²) < 4.78 is 34.6. The highest BCUT2D eigenvalue weighted by Gasteiger charge is 2.35. The zero-order valence-electron chi connectivity index (χ0n) is 34.5. The molecule has 1 saturated heterocycles. The third kappa shape index (κ3) is 9.13. The molecule has 19 nitrogen and oxygen atoms in total. The third-order valence-electron chi connectivity index (χ3n) is 10.8. The first-order chi connectivity index (χ1) is 30.3. The fourth-order valence-electron chi connectivity index (χ4n) is 7.17. The Morgan fingerprint density at radius 3 is 2.02 bits per heavy atom. The first kappa shape index (κ1) is 42.3. The summed E-state index contributed by atoms with van der Waals surface area (Å²) in [6, 6.07) is 21.6. The molecule has 2 aromatic carbocycles. The van der Waals surface area contributed by atoms with Crippen LogP contribution < -0.4 is 47.7 Å². The van der Waals surface area contributed by atoms with Crippen molar-refractivity contribution >= 4 is 77.9 Å². The summed E-state index contributed by atoms with van der Waals surface area (Å²) in [6.07, 6.45) is 6.16. The molecule has 20 heteroatoms. The van der Waals surface area contributed by atoms with Crippen molar-refractivity contribution in [1.82, 2.24) is 39.9 Å². The molecule has 8 rings (SSSR count). The number of aromatic amines is 2. The normalized spacial score (nSPS) is 13.7. The van der Waals surface area contributed by atoms with Crippen molar-refractivity contribution in [3.8, 4) is 11.3 Å². The number of nitrogens with one attached hydrogen (secondary N) is 7. The Morgan fingerprint density at radius 2 is 1.41 bits per heavy atom. The maximum Gasteiger partial charge on any atom is 0.259 e. The Labute approximate surface area is 361 Å². The van der Waals surface area contributed by atoms with Gasteiger partial charge in [0.2, 0.25) is 21.9 Å². The number of rotatable bonds is 14. The molecule has 0 spiro atoms. The number of carbonyl (C=O) groups excluding carboxylic acids is 1. The second kappa shape index (κ2) is 17.5. The van der Waals surface area contributed by atoms with Gasteiger partial charge in [0.05, 0.1) is 41.6 Å². The zero-order chi connectivity index (χ0) is 44.3. The van der Waals surface area contributed by atoms with E-state index in [1.54, 1.807) is 81.0 Å². The van der Waals surface area contributed by atoms with Crippen LogP contribution in [0.1, 0.15) is 19.4 Å². The molecule has 1 amide bonds. The number of anilines is 7. The fourth-order valence-corrected chi connectivity index (χ4v) is 8.02. The molecular formula is C43H45N13O6S. The van der Waals surface area contributed by atoms with E-state index in [0.29, 0.717) is 63.0 Å². The molecule has 0 bridgehead atoms. The summed E-state index contributed by atoms with van der Waals surface area (Å²) in [7, 11) is -2.82. The number of amides is 1. The van der Waals surface area contributed by atoms with E-state index >= 15 is 0 Å². The lowest BCUT2D eigenvalue weighted by Gasteiger charge is -2.29. The maximum atomic E-state index is 14.0. The molecular weight excluding hydrogens is 827 g/mol. The predicted molar refractivity (Wildman–Crippen MR) is 244 cm³/mol. The Bertz CT molecular complexity index is 3030. The topological polar surface area (TPSA) is 267 Å². The molecule has 0 aliphatic carbocycles. The van der Waals surface area contributed by atoms with Crippen LogP contribution >= 0.6 is 0 Å². The first-order valence-corrected chi connectivity index (χ1v) is 21.5. The molecule has 1 aliphatic heterocycles. The highest BCUT2D eigenvalue weighted by Crippen LogP contribution is 2.31. The second-order valence-electron chi connectivity index (χ2n) is 15.3. The number of pyridine rings is 4. The number of morpholine rings is 1. The van der Waals surface area contributed by atoms with Gasteiger partial charge in [-0.1, -0.05) is 12.1 Å². The van der Waals surface area contributed by atoms with Crippen molar-refractivity contribution in [3.63, 3.8) is 0 Å². The Morgan fingerprint density at radius 1 is 0.841 bits per heavy atom. The van der Waals surface area contributed by atoms with Crippen molar-refractivity contribution in [2.75, 3.05) is 66.5 Å². The van der Waals surface area contributed by atoms with E-state index in [1.807, 2.05) is 24.3 Å². The van der Waals surface area contributed by atoms with E-state index in [2.05, 4.69) is 55.8 Å². The smallest absolute Gasteiger partial charge is 0.259 e. The number of nitrogens with two attached hydrogens (primary N) is 1. The van der Waals surface area contributed by atoms with Crippen molar-refractivity contribution < 1.29 is 17.9 Å². The van der Waals surface area contributed by atoms with Gasteiger partial charge < -0.3 is 46.6 Å². The summed E-state index contributed by atoms with van der Waals surface area (Å²) in [5, 5.41) is 12.7. The van der Waals surface area contributed by atoms with Gasteiger partial charge in [0, 0.05) is 60.5 Å². The average Bonchev–Trinajstić information content (AvgIpc) is 3.28. The first-order valence-electron chi connectivity index (χ1n) is 20.0. The van der Waals surface area contributed by atoms with E-state index in [9.17, 15) is 22.8 Å². The third-order valence-corrected chi connectivity index (χ3v) is 12.4. The highest BCUT2D eigenvalue weighted by molar-refractivity contribution is 7.90. The summed E-state index contributed by atoms with van der Waals surface area (Å²) >= 11 is 0. The van der Waals surface area contributed by atoms with E-state index in [4.69, 9.17) is 15.5 Å². The molecule has 1 fully saturated rings. The molecule has 0 radical (unpaired) electrons. The lowest BCUT2D eigenvalue weighted by Crippen LogP contribution is -2.53. The molecule has 5 aromatic heterocycles. The van der Waals surface area contributed by atoms with Gasteiger partial charge in [-0.15, -0.1) is 0 Å². The molecule has 1 aliphatic rings. The van der Waals surface area contributed by atoms with Crippen molar-refractivity contribution in [1.29, 1.82) is 0 Å². The van der Waals surface area contributed by atoms with Crippen LogP contribution in [-0.4, -0.2) is 89.5 Å². The van der Waals surface area contributed by atoms with Crippen LogP contribution in [0.5, 0.6) is 0 Å². The number of hydrogen-bond donors (Lipinski definition) is 8. The van der Waals surface area contributed by atoms with Crippen LogP contribution in [0.2, 0.25) is 0 Å². The van der Waals surface area contributed by atoms with Crippen LogP contribution in [0.4, 0.5) is 40.5 Å². The van der Waals surface area contributed by atoms with Crippen molar-refractivity contribution in [2.24, 2.45) is 0 Å². The number of aromatic nitrogens is 6. The van der Waals surface area contributed by atoms with Crippen molar-refractivity contribution in [3.05, 3.63) is 124 Å². The molecule has 63 heavy (non-hydrogen) atoms. The SMILES string of the molecule is CNS(=O)(=O)C(CNc1cc2cc[nH]c(=O)c2c(Nc2ccc(N3CCOCC3)cc2)n1)NC(=O)C(C)(C)c1ccc(Nc2nc(-c3cnc(N)nc3)cc3cc[nH]c(=O)c23)cc1. The number of nitrogens with zero attached hydrogens (tertiary/aromatic N) is 5. The van der Waals surface area contributed by atoms with E-state index in [1.165, 1.54) is 13.2 Å². The van der Waals surface area contributed by atoms with Crippen LogP contribution in [0.15, 0.2) is 107 Å². The van der Waals surface area contributed by atoms with Gasteiger partial charge in [-0.05, 0) is 97.9 Å². The zero-order valence-corrected chi connectivity index (χ0v) is 35.3. The van der Waals surface area contributed by atoms with Crippen LogP contribution in [0, 0.1) is 0 Å². The van der Waals surface area contributed by atoms with Crippen molar-refractivity contribution in [2.45, 2.75) is 24.6 Å². The highest BCUT2D eigenvalue weighted by atomic mass is 32.2. The Balaban J connectivity index is 0.994. The van der Waals surface area contributed by atoms with Gasteiger partial charge in [0.15, 0.2) is 5.37 Å². The maximum absolute atomic E-state index is 14.0. The number of hydrogen-bond acceptors (Lipinski definition) is 15. The average molecular weight is 872 g/mol. The number of benzene rings is 2. The lowest BCUT2D eigenvalue weighted by molar-refractivity contribution is -0.125. The lowest BCUT2D eigenvalue weighted by atomic mass is 9.83. The number of nitrogen functional groups attached to an aromatic ring is 1. The monoisotopic (exact) mass is 871 g/mol. The molecule has 324 valence electrons. The molecule has 0 saturated carbocycles. The van der Waals surface area contributed by atoms with E-state index in [-0.39, 0.29) is 41.1 Å². The number of fused-ring (bicyclic) bond motifs is 2. The number of carbonyl (C=O) groups is 1. The Hall–Kier alpha value is -7.42. The molecule has 6 heterocycles. The number of sulfonamides is 1. The minimum Gasteiger partial charge on any atom is -0.378 e. The van der Waals surface area contributed by atoms with Gasteiger partial charge in [0.1, 0.15) is 17.5 Å². The Kier molecular flexibility index (Phi) is 11.8. The predicted octanol–water partition coefficient (Wildman–Crippen LogP) is 3.90. The molecule has 7 aromatic rings. The fraction of sp³-hybridized carbons (Fsp3) is 0.233. The van der Waals surface area contributed by atoms with Gasteiger partial charge in [0.25, 0.3) is 11.1 Å². The largest absolute Gasteiger partial charge is 0.378 e. The summed E-state index contributed by atoms with van der Waals surface area (Å²) in [4.78, 5) is 65.1. The summed E-state index contributed by atoms with van der Waals surface area (Å²) in [6.45, 7) is 5.99. The quantitative estimate of drug-likeness (QED) is 0.0770. The van der Waals surface area contributed by atoms with Gasteiger partial charge in [-0.2, -0.15) is 0 Å². The van der Waals surface area contributed by atoms with Crippen LogP contribution in [-0.2, 0) is 25.0 Å². The van der Waals surface area contributed by atoms with Gasteiger partial charge in [-0.25, -0.2) is 33.1 Å². The number of H-pyrrole nitrogens is 2. The standard InChI is InChI=1S/C43H45N13O6S/c1-43(2,28-4-6-29(7-5-28)51-37-35-25(12-14-46-39(35)57)20-32(53-37)27-22-49-42(44)50-23-27)41(59)55-34(63(60,61)45-3)24-48-33-21-26-13-15-47-40(58)36(26)38(54-33)52-30-8-10-31(11-9-30)56-16-18-62-19-17-56/h4-15,20-23,34,45H,16-19,24H2,1-3H3,(H,46,57)(H,47,58)(H,51,53)(H,55,59)(H2,44,49,50)(H2,48,52,54). The molecule has 9 N–H and O–H groups in total. The molecule has 1 atom stereocenters. The van der Waals surface area contributed by atoms with Gasteiger partial charge >= 0.3 is 0 Å². The van der Waals surface area contributed by atoms with E-state index in [0.717, 1.165) is 18.8 Å². The number of ether oxygens (including phenoxy) is 1. The molecule has 1 unspecified atom stereocenters. The summed E-state index contributed by atoms with van der Waals surface area (Å²) in [5.74, 6) is 0.362. The van der Waals surface area contributed by atoms with Crippen LogP contribution in [0.25, 0.3) is 32.8 Å². The second-order valence-corrected chi connectivity index (χ2v) is 17.3. The minimum absolute atomic E-state index is 0.115. The minimum atomic E-state index is -4.09.